The maximum absolute atomic E-state index is 12.6. The van der Waals surface area contributed by atoms with Gasteiger partial charge in [0.05, 0.1) is 0 Å². The molecular formula is C26H30N2O3. The third kappa shape index (κ3) is 6.03. The topological polar surface area (TPSA) is 75.3 Å². The first-order chi connectivity index (χ1) is 15.1. The van der Waals surface area contributed by atoms with Crippen LogP contribution in [0.3, 0.4) is 0 Å². The third-order valence-electron chi connectivity index (χ3n) is 6.11. The second kappa shape index (κ2) is 9.90. The molecule has 2 N–H and O–H groups in total. The summed E-state index contributed by atoms with van der Waals surface area (Å²) in [5, 5.41) is 5.83. The van der Waals surface area contributed by atoms with E-state index in [0.29, 0.717) is 12.0 Å². The highest BCUT2D eigenvalue weighted by molar-refractivity contribution is 5.98. The molecule has 0 bridgehead atoms. The van der Waals surface area contributed by atoms with Crippen LogP contribution >= 0.6 is 0 Å². The lowest BCUT2D eigenvalue weighted by atomic mass is 9.89. The highest BCUT2D eigenvalue weighted by Gasteiger charge is 2.28. The number of hydrogen-bond acceptors (Lipinski definition) is 3. The second-order valence-corrected chi connectivity index (χ2v) is 8.71. The molecule has 31 heavy (non-hydrogen) atoms. The van der Waals surface area contributed by atoms with E-state index in [0.717, 1.165) is 31.2 Å². The second-order valence-electron chi connectivity index (χ2n) is 8.71. The van der Waals surface area contributed by atoms with Crippen LogP contribution < -0.4 is 10.6 Å². The van der Waals surface area contributed by atoms with Crippen LogP contribution in [0.15, 0.2) is 48.5 Å². The lowest BCUT2D eigenvalue weighted by Crippen LogP contribution is -2.48. The van der Waals surface area contributed by atoms with E-state index in [1.54, 1.807) is 0 Å². The number of Topliss-reactive ketones (excluding diaryl/α,β-unsaturated/α-hetero) is 1. The van der Waals surface area contributed by atoms with Gasteiger partial charge >= 0.3 is 0 Å². The molecule has 0 heterocycles. The van der Waals surface area contributed by atoms with Crippen molar-refractivity contribution in [3.8, 4) is 0 Å². The SMILES string of the molecule is O=C(CCC(=O)c1ccc2c(c1)CCCC2)NC(Cc1ccccc1)C(=O)NC1CC1. The van der Waals surface area contributed by atoms with Crippen molar-refractivity contribution in [1.29, 1.82) is 0 Å². The Morgan fingerprint density at radius 2 is 1.65 bits per heavy atom. The molecule has 0 aromatic heterocycles. The van der Waals surface area contributed by atoms with Crippen LogP contribution in [0.2, 0.25) is 0 Å². The van der Waals surface area contributed by atoms with E-state index in [2.05, 4.69) is 16.7 Å². The summed E-state index contributed by atoms with van der Waals surface area (Å²) >= 11 is 0. The van der Waals surface area contributed by atoms with Crippen LogP contribution in [0.25, 0.3) is 0 Å². The van der Waals surface area contributed by atoms with Crippen molar-refractivity contribution in [3.05, 3.63) is 70.8 Å². The molecule has 0 aliphatic heterocycles. The molecule has 2 aliphatic carbocycles. The standard InChI is InChI=1S/C26H30N2O3/c29-24(21-11-10-19-8-4-5-9-20(19)17-21)14-15-25(30)28-23(26(31)27-22-12-13-22)16-18-6-2-1-3-7-18/h1-3,6-7,10-11,17,22-23H,4-5,8-9,12-16H2,(H,27,31)(H,28,30). The zero-order valence-electron chi connectivity index (χ0n) is 17.9. The molecule has 5 nitrogen and oxygen atoms in total. The van der Waals surface area contributed by atoms with E-state index >= 15 is 0 Å². The van der Waals surface area contributed by atoms with Crippen molar-refractivity contribution >= 4 is 17.6 Å². The van der Waals surface area contributed by atoms with E-state index in [-0.39, 0.29) is 36.5 Å². The number of ketones is 1. The summed E-state index contributed by atoms with van der Waals surface area (Å²) in [4.78, 5) is 37.9. The minimum Gasteiger partial charge on any atom is -0.352 e. The molecule has 2 amide bonds. The zero-order chi connectivity index (χ0) is 21.6. The molecule has 0 spiro atoms. The monoisotopic (exact) mass is 418 g/mol. The van der Waals surface area contributed by atoms with Crippen LogP contribution in [0, 0.1) is 0 Å². The Balaban J connectivity index is 1.33. The summed E-state index contributed by atoms with van der Waals surface area (Å²) in [5.74, 6) is -0.440. The van der Waals surface area contributed by atoms with Crippen molar-refractivity contribution in [2.75, 3.05) is 0 Å². The molecule has 1 fully saturated rings. The smallest absolute Gasteiger partial charge is 0.243 e. The molecule has 1 atom stereocenters. The van der Waals surface area contributed by atoms with Gasteiger partial charge < -0.3 is 10.6 Å². The highest BCUT2D eigenvalue weighted by atomic mass is 16.2. The quantitative estimate of drug-likeness (QED) is 0.612. The molecule has 4 rings (SSSR count). The van der Waals surface area contributed by atoms with Gasteiger partial charge in [0.1, 0.15) is 6.04 Å². The van der Waals surface area contributed by atoms with E-state index < -0.39 is 6.04 Å². The fraction of sp³-hybridized carbons (Fsp3) is 0.423. The molecule has 0 saturated heterocycles. The van der Waals surface area contributed by atoms with Gasteiger partial charge in [0.25, 0.3) is 0 Å². The molecule has 2 aromatic rings. The van der Waals surface area contributed by atoms with Crippen LogP contribution in [-0.2, 0) is 28.9 Å². The number of carbonyl (C=O) groups excluding carboxylic acids is 3. The minimum atomic E-state index is -0.630. The summed E-state index contributed by atoms with van der Waals surface area (Å²) in [6.45, 7) is 0. The van der Waals surface area contributed by atoms with Gasteiger partial charge in [0, 0.05) is 30.9 Å². The average Bonchev–Trinajstić information content (AvgIpc) is 3.61. The summed E-state index contributed by atoms with van der Waals surface area (Å²) < 4.78 is 0. The molecule has 1 unspecified atom stereocenters. The van der Waals surface area contributed by atoms with E-state index in [1.807, 2.05) is 42.5 Å². The maximum Gasteiger partial charge on any atom is 0.243 e. The van der Waals surface area contributed by atoms with Crippen molar-refractivity contribution in [1.82, 2.24) is 10.6 Å². The molecule has 162 valence electrons. The number of hydrogen-bond donors (Lipinski definition) is 2. The first kappa shape index (κ1) is 21.3. The Morgan fingerprint density at radius 1 is 0.903 bits per heavy atom. The van der Waals surface area contributed by atoms with Gasteiger partial charge in [-0.2, -0.15) is 0 Å². The summed E-state index contributed by atoms with van der Waals surface area (Å²) in [6.07, 6.45) is 7.12. The maximum atomic E-state index is 12.6. The number of rotatable bonds is 9. The molecule has 0 radical (unpaired) electrons. The Morgan fingerprint density at radius 3 is 2.39 bits per heavy atom. The van der Waals surface area contributed by atoms with Gasteiger partial charge in [-0.15, -0.1) is 0 Å². The van der Waals surface area contributed by atoms with Crippen LogP contribution in [-0.4, -0.2) is 29.7 Å². The molecule has 2 aliphatic rings. The summed E-state index contributed by atoms with van der Waals surface area (Å²) in [7, 11) is 0. The van der Waals surface area contributed by atoms with Crippen molar-refractivity contribution in [2.24, 2.45) is 0 Å². The Kier molecular flexibility index (Phi) is 6.80. The largest absolute Gasteiger partial charge is 0.352 e. The predicted octanol–water partition coefficient (Wildman–Crippen LogP) is 3.53. The number of benzene rings is 2. The van der Waals surface area contributed by atoms with Crippen molar-refractivity contribution in [3.63, 3.8) is 0 Å². The number of fused-ring (bicyclic) bond motifs is 1. The van der Waals surface area contributed by atoms with Gasteiger partial charge in [0.2, 0.25) is 11.8 Å². The van der Waals surface area contributed by atoms with Crippen LogP contribution in [0.1, 0.15) is 65.6 Å². The van der Waals surface area contributed by atoms with Crippen LogP contribution in [0.5, 0.6) is 0 Å². The average molecular weight is 419 g/mol. The fourth-order valence-electron chi connectivity index (χ4n) is 4.13. The van der Waals surface area contributed by atoms with Crippen molar-refractivity contribution < 1.29 is 14.4 Å². The third-order valence-corrected chi connectivity index (χ3v) is 6.11. The number of carbonyl (C=O) groups is 3. The molecule has 5 heteroatoms. The first-order valence-electron chi connectivity index (χ1n) is 11.4. The van der Waals surface area contributed by atoms with Gasteiger partial charge in [-0.05, 0) is 61.3 Å². The lowest BCUT2D eigenvalue weighted by Gasteiger charge is -2.19. The zero-order valence-corrected chi connectivity index (χ0v) is 17.9. The first-order valence-corrected chi connectivity index (χ1v) is 11.4. The van der Waals surface area contributed by atoms with Gasteiger partial charge in [-0.25, -0.2) is 0 Å². The summed E-state index contributed by atoms with van der Waals surface area (Å²) in [6, 6.07) is 15.2. The van der Waals surface area contributed by atoms with Crippen LogP contribution in [0.4, 0.5) is 0 Å². The predicted molar refractivity (Wildman–Crippen MR) is 120 cm³/mol. The van der Waals surface area contributed by atoms with Gasteiger partial charge in [0.15, 0.2) is 5.78 Å². The Bertz CT molecular complexity index is 950. The number of nitrogens with one attached hydrogen (secondary N) is 2. The molecule has 1 saturated carbocycles. The highest BCUT2D eigenvalue weighted by Crippen LogP contribution is 2.23. The minimum absolute atomic E-state index is 0.0226. The Hall–Kier alpha value is -2.95. The number of amides is 2. The van der Waals surface area contributed by atoms with E-state index in [1.165, 1.54) is 24.0 Å². The Labute approximate surface area is 183 Å². The summed E-state index contributed by atoms with van der Waals surface area (Å²) in [5.41, 5.74) is 4.27. The van der Waals surface area contributed by atoms with Gasteiger partial charge in [-0.3, -0.25) is 14.4 Å². The fourth-order valence-corrected chi connectivity index (χ4v) is 4.13. The van der Waals surface area contributed by atoms with Gasteiger partial charge in [-0.1, -0.05) is 42.5 Å². The number of aryl methyl sites for hydroxylation is 2. The lowest BCUT2D eigenvalue weighted by molar-refractivity contribution is -0.129. The van der Waals surface area contributed by atoms with Crippen molar-refractivity contribution in [2.45, 2.75) is 69.9 Å². The normalized spacial score (nSPS) is 16.1. The van der Waals surface area contributed by atoms with E-state index in [9.17, 15) is 14.4 Å². The molecular weight excluding hydrogens is 388 g/mol. The molecule has 2 aromatic carbocycles. The van der Waals surface area contributed by atoms with E-state index in [4.69, 9.17) is 0 Å².